The number of thiophene rings is 1. The van der Waals surface area contributed by atoms with E-state index in [0.717, 1.165) is 22.7 Å². The van der Waals surface area contributed by atoms with Crippen molar-refractivity contribution in [1.82, 2.24) is 0 Å². The summed E-state index contributed by atoms with van der Waals surface area (Å²) in [6, 6.07) is 80.5. The Balaban J connectivity index is 1.09. The van der Waals surface area contributed by atoms with Gasteiger partial charge in [-0.25, -0.2) is 0 Å². The molecule has 1 aliphatic carbocycles. The van der Waals surface area contributed by atoms with Gasteiger partial charge < -0.3 is 9.80 Å². The van der Waals surface area contributed by atoms with Crippen molar-refractivity contribution in [2.45, 2.75) is 16.1 Å². The van der Waals surface area contributed by atoms with E-state index in [1.807, 2.05) is 23.1 Å². The van der Waals surface area contributed by atoms with Gasteiger partial charge in [-0.3, -0.25) is 0 Å². The van der Waals surface area contributed by atoms with Crippen molar-refractivity contribution in [3.8, 4) is 22.3 Å². The summed E-state index contributed by atoms with van der Waals surface area (Å²) < 4.78 is 2.57. The molecule has 2 unspecified atom stereocenters. The van der Waals surface area contributed by atoms with Crippen LogP contribution >= 0.6 is 23.1 Å². The van der Waals surface area contributed by atoms with E-state index in [4.69, 9.17) is 0 Å². The lowest BCUT2D eigenvalue weighted by Crippen LogP contribution is -2.11. The minimum Gasteiger partial charge on any atom is -0.309 e. The number of thioether (sulfide) groups is 1. The second-order valence-corrected chi connectivity index (χ2v) is 19.3. The van der Waals surface area contributed by atoms with E-state index in [0.29, 0.717) is 11.2 Å². The average molecular weight is 879 g/mol. The van der Waals surface area contributed by atoms with Gasteiger partial charge in [-0.15, -0.1) is 23.1 Å². The number of fused-ring (bicyclic) bond motifs is 8. The van der Waals surface area contributed by atoms with Crippen LogP contribution in [0.2, 0.25) is 0 Å². The largest absolute Gasteiger partial charge is 0.309 e. The molecule has 0 radical (unpaired) electrons. The first kappa shape index (κ1) is 38.8. The molecule has 2 aliphatic rings. The van der Waals surface area contributed by atoms with Gasteiger partial charge in [-0.1, -0.05) is 176 Å². The normalized spacial score (nSPS) is 15.1. The van der Waals surface area contributed by atoms with E-state index < -0.39 is 0 Å². The predicted octanol–water partition coefficient (Wildman–Crippen LogP) is 18.3. The Labute approximate surface area is 393 Å². The maximum atomic E-state index is 2.48. The van der Waals surface area contributed by atoms with E-state index in [9.17, 15) is 0 Å². The molecule has 312 valence electrons. The minimum absolute atomic E-state index is 0.370. The Kier molecular flexibility index (Phi) is 9.47. The summed E-state index contributed by atoms with van der Waals surface area (Å²) in [5.74, 6) is 0.370. The summed E-state index contributed by atoms with van der Waals surface area (Å²) in [4.78, 5) is 6.28. The van der Waals surface area contributed by atoms with Crippen LogP contribution in [0.4, 0.5) is 34.1 Å². The van der Waals surface area contributed by atoms with Crippen molar-refractivity contribution in [3.63, 3.8) is 0 Å². The zero-order valence-corrected chi connectivity index (χ0v) is 37.6. The minimum atomic E-state index is 0.370. The molecule has 10 aromatic carbocycles. The fourth-order valence-electron chi connectivity index (χ4n) is 10.5. The zero-order valence-electron chi connectivity index (χ0n) is 36.0. The van der Waals surface area contributed by atoms with Crippen LogP contribution in [0.15, 0.2) is 248 Å². The molecule has 0 spiro atoms. The molecule has 0 fully saturated rings. The third kappa shape index (κ3) is 6.40. The Hall–Kier alpha value is -7.63. The van der Waals surface area contributed by atoms with Crippen LogP contribution in [-0.2, 0) is 0 Å². The third-order valence-corrected chi connectivity index (χ3v) is 16.0. The molecule has 2 heterocycles. The predicted molar refractivity (Wildman–Crippen MR) is 285 cm³/mol. The van der Waals surface area contributed by atoms with Crippen molar-refractivity contribution in [3.05, 3.63) is 248 Å². The van der Waals surface area contributed by atoms with E-state index in [1.54, 1.807) is 0 Å². The van der Waals surface area contributed by atoms with Crippen LogP contribution in [0.5, 0.6) is 0 Å². The molecular formula is C62H42N2S2. The molecule has 0 saturated heterocycles. The van der Waals surface area contributed by atoms with Gasteiger partial charge in [0.15, 0.2) is 0 Å². The average Bonchev–Trinajstić information content (AvgIpc) is 3.97. The maximum Gasteiger partial charge on any atom is 0.0640 e. The third-order valence-electron chi connectivity index (χ3n) is 13.3. The molecular weight excluding hydrogens is 837 g/mol. The number of hydrogen-bond donors (Lipinski definition) is 0. The van der Waals surface area contributed by atoms with Crippen LogP contribution < -0.4 is 9.80 Å². The number of allylic oxidation sites excluding steroid dienone is 3. The molecule has 1 aromatic heterocycles. The number of hydrogen-bond acceptors (Lipinski definition) is 4. The summed E-state index contributed by atoms with van der Waals surface area (Å²) in [6.45, 7) is 0. The van der Waals surface area contributed by atoms with Gasteiger partial charge in [0.25, 0.3) is 0 Å². The summed E-state index contributed by atoms with van der Waals surface area (Å²) in [5.41, 5.74) is 13.1. The van der Waals surface area contributed by atoms with Gasteiger partial charge in [-0.2, -0.15) is 0 Å². The summed E-state index contributed by atoms with van der Waals surface area (Å²) in [6.07, 6.45) is 9.13. The maximum absolute atomic E-state index is 2.48. The zero-order chi connectivity index (χ0) is 43.6. The van der Waals surface area contributed by atoms with Crippen LogP contribution in [0.3, 0.4) is 0 Å². The van der Waals surface area contributed by atoms with E-state index in [2.05, 4.69) is 252 Å². The van der Waals surface area contributed by atoms with Crippen LogP contribution in [-0.4, -0.2) is 5.25 Å². The molecule has 2 atom stereocenters. The highest BCUT2D eigenvalue weighted by molar-refractivity contribution is 8.00. The van der Waals surface area contributed by atoms with Gasteiger partial charge in [0.1, 0.15) is 0 Å². The Morgan fingerprint density at radius 2 is 0.879 bits per heavy atom. The summed E-state index contributed by atoms with van der Waals surface area (Å²) in [5, 5.41) is 7.83. The molecule has 0 amide bonds. The first-order valence-electron chi connectivity index (χ1n) is 22.7. The van der Waals surface area contributed by atoms with E-state index in [-0.39, 0.29) is 0 Å². The van der Waals surface area contributed by atoms with Gasteiger partial charge in [0.2, 0.25) is 0 Å². The molecule has 0 N–H and O–H groups in total. The lowest BCUT2D eigenvalue weighted by atomic mass is 9.85. The molecule has 0 bridgehead atoms. The fourth-order valence-corrected chi connectivity index (χ4v) is 13.1. The number of nitrogens with zero attached hydrogens (tertiary/aromatic N) is 2. The van der Waals surface area contributed by atoms with Crippen LogP contribution in [0, 0.1) is 0 Å². The van der Waals surface area contributed by atoms with Crippen molar-refractivity contribution < 1.29 is 0 Å². The number of para-hydroxylation sites is 2. The molecule has 2 nitrogen and oxygen atoms in total. The summed E-state index contributed by atoms with van der Waals surface area (Å²) >= 11 is 3.86. The fraction of sp³-hybridized carbons (Fsp3) is 0.0323. The van der Waals surface area contributed by atoms with Crippen molar-refractivity contribution in [2.75, 3.05) is 9.80 Å². The molecule has 11 aromatic rings. The second kappa shape index (κ2) is 16.1. The number of benzene rings is 10. The smallest absolute Gasteiger partial charge is 0.0640 e. The first-order valence-corrected chi connectivity index (χ1v) is 24.4. The number of rotatable bonds is 8. The molecule has 0 saturated carbocycles. The highest BCUT2D eigenvalue weighted by atomic mass is 32.2. The van der Waals surface area contributed by atoms with Gasteiger partial charge in [0, 0.05) is 54.3 Å². The number of anilines is 6. The highest BCUT2D eigenvalue weighted by Gasteiger charge is 2.34. The Morgan fingerprint density at radius 1 is 0.364 bits per heavy atom. The topological polar surface area (TPSA) is 6.48 Å². The van der Waals surface area contributed by atoms with Crippen LogP contribution in [0.1, 0.15) is 11.5 Å². The summed E-state index contributed by atoms with van der Waals surface area (Å²) in [7, 11) is 0. The lowest BCUT2D eigenvalue weighted by Gasteiger charge is -2.29. The molecule has 66 heavy (non-hydrogen) atoms. The Bertz CT molecular complexity index is 3690. The molecule has 4 heteroatoms. The van der Waals surface area contributed by atoms with E-state index >= 15 is 0 Å². The molecule has 1 aliphatic heterocycles. The van der Waals surface area contributed by atoms with Gasteiger partial charge in [-0.05, 0) is 116 Å². The van der Waals surface area contributed by atoms with Crippen molar-refractivity contribution in [1.29, 1.82) is 0 Å². The monoisotopic (exact) mass is 878 g/mol. The quantitative estimate of drug-likeness (QED) is 0.140. The van der Waals surface area contributed by atoms with E-state index in [1.165, 1.54) is 85.8 Å². The highest BCUT2D eigenvalue weighted by Crippen LogP contribution is 2.55. The lowest BCUT2D eigenvalue weighted by molar-refractivity contribution is 0.880. The van der Waals surface area contributed by atoms with Crippen molar-refractivity contribution >= 4 is 98.9 Å². The standard InChI is InChI=1S/C62H42N2S2/c1-5-19-41(20-6-1)59-49-37-35-46(64(44-25-11-4-12-26-44)56-32-18-30-52-48-28-14-16-34-58(48)66-62(52)56)40-54(49)60(42-21-7-2-8-22-42)50-38-36-45(39-53(50)59)63(43-23-9-3-10-24-43)55-31-17-29-51-47-27-13-15-33-57(47)65-61(51)55/h1-40,47,57H. The van der Waals surface area contributed by atoms with Crippen molar-refractivity contribution in [2.24, 2.45) is 0 Å². The van der Waals surface area contributed by atoms with Gasteiger partial charge in [0.05, 0.1) is 16.1 Å². The molecule has 13 rings (SSSR count). The Morgan fingerprint density at radius 3 is 1.52 bits per heavy atom. The second-order valence-electron chi connectivity index (χ2n) is 17.1. The SMILES string of the molecule is C1=CC2Sc3c(cccc3N(c3ccccc3)c3ccc4c(-c5ccccc5)c5cc(N(c6ccccc6)c6cccc7c6sc6ccccc67)ccc5c(-c5ccccc5)c4c3)C2C=C1. The van der Waals surface area contributed by atoms with Crippen LogP contribution in [0.25, 0.3) is 64.0 Å². The first-order chi connectivity index (χ1) is 32.8. The van der Waals surface area contributed by atoms with Gasteiger partial charge >= 0.3 is 0 Å².